The van der Waals surface area contributed by atoms with E-state index in [1.165, 1.54) is 0 Å². The minimum absolute atomic E-state index is 0.159. The lowest BCUT2D eigenvalue weighted by Crippen LogP contribution is -2.19. The lowest BCUT2D eigenvalue weighted by molar-refractivity contribution is 0.102. The van der Waals surface area contributed by atoms with Crippen molar-refractivity contribution in [3.8, 4) is 0 Å². The molecule has 2 heterocycles. The van der Waals surface area contributed by atoms with Gasteiger partial charge in [-0.15, -0.1) is 0 Å². The number of rotatable bonds is 5. The number of pyridine rings is 1. The molecule has 1 fully saturated rings. The van der Waals surface area contributed by atoms with Crippen molar-refractivity contribution in [2.75, 3.05) is 23.8 Å². The molecule has 2 aromatic rings. The highest BCUT2D eigenvalue weighted by Crippen LogP contribution is 2.17. The topological polar surface area (TPSA) is 63.2 Å². The van der Waals surface area contributed by atoms with Crippen LogP contribution in [-0.4, -0.2) is 30.1 Å². The molecule has 1 aliphatic rings. The van der Waals surface area contributed by atoms with Crippen LogP contribution >= 0.6 is 0 Å². The predicted octanol–water partition coefficient (Wildman–Crippen LogP) is 3.54. The van der Waals surface area contributed by atoms with Crippen molar-refractivity contribution < 1.29 is 9.53 Å². The summed E-state index contributed by atoms with van der Waals surface area (Å²) >= 11 is 0. The minimum atomic E-state index is -0.159. The molecule has 1 aromatic carbocycles. The Labute approximate surface area is 142 Å². The molecule has 0 bridgehead atoms. The first-order valence-corrected chi connectivity index (χ1v) is 8.30. The van der Waals surface area contributed by atoms with Gasteiger partial charge in [0.2, 0.25) is 0 Å². The Morgan fingerprint density at radius 3 is 2.67 bits per heavy atom. The van der Waals surface area contributed by atoms with Gasteiger partial charge in [-0.2, -0.15) is 0 Å². The zero-order chi connectivity index (χ0) is 16.9. The fourth-order valence-electron chi connectivity index (χ4n) is 2.95. The SMILES string of the molecule is Cc1cc(C)cc(NC(=O)c2cncc(NCC3CCCO3)c2)c1. The first-order chi connectivity index (χ1) is 11.6. The van der Waals surface area contributed by atoms with Crippen molar-refractivity contribution in [1.82, 2.24) is 4.98 Å². The Balaban J connectivity index is 1.64. The summed E-state index contributed by atoms with van der Waals surface area (Å²) in [6.45, 7) is 5.60. The molecule has 1 aromatic heterocycles. The van der Waals surface area contributed by atoms with Crippen molar-refractivity contribution in [3.63, 3.8) is 0 Å². The Bertz CT molecular complexity index is 704. The van der Waals surface area contributed by atoms with E-state index in [-0.39, 0.29) is 12.0 Å². The lowest BCUT2D eigenvalue weighted by atomic mass is 10.1. The van der Waals surface area contributed by atoms with Gasteiger partial charge in [0, 0.05) is 31.2 Å². The van der Waals surface area contributed by atoms with Crippen LogP contribution in [0.3, 0.4) is 0 Å². The molecule has 0 radical (unpaired) electrons. The quantitative estimate of drug-likeness (QED) is 0.882. The van der Waals surface area contributed by atoms with E-state index in [9.17, 15) is 4.79 Å². The molecule has 126 valence electrons. The molecule has 5 nitrogen and oxygen atoms in total. The van der Waals surface area contributed by atoms with Crippen LogP contribution in [0.1, 0.15) is 34.3 Å². The van der Waals surface area contributed by atoms with E-state index in [4.69, 9.17) is 4.74 Å². The number of carbonyl (C=O) groups is 1. The summed E-state index contributed by atoms with van der Waals surface area (Å²) in [7, 11) is 0. The highest BCUT2D eigenvalue weighted by Gasteiger charge is 2.15. The largest absolute Gasteiger partial charge is 0.381 e. The lowest BCUT2D eigenvalue weighted by Gasteiger charge is -2.12. The maximum Gasteiger partial charge on any atom is 0.257 e. The highest BCUT2D eigenvalue weighted by atomic mass is 16.5. The van der Waals surface area contributed by atoms with Crippen molar-refractivity contribution >= 4 is 17.3 Å². The van der Waals surface area contributed by atoms with Gasteiger partial charge < -0.3 is 15.4 Å². The van der Waals surface area contributed by atoms with Crippen molar-refractivity contribution in [2.45, 2.75) is 32.8 Å². The smallest absolute Gasteiger partial charge is 0.257 e. The second-order valence-corrected chi connectivity index (χ2v) is 6.31. The Hall–Kier alpha value is -2.40. The highest BCUT2D eigenvalue weighted by molar-refractivity contribution is 6.04. The van der Waals surface area contributed by atoms with E-state index < -0.39 is 0 Å². The zero-order valence-electron chi connectivity index (χ0n) is 14.1. The van der Waals surface area contributed by atoms with Gasteiger partial charge in [0.25, 0.3) is 5.91 Å². The van der Waals surface area contributed by atoms with Gasteiger partial charge >= 0.3 is 0 Å². The predicted molar refractivity (Wildman–Crippen MR) is 95.6 cm³/mol. The Morgan fingerprint density at radius 1 is 1.17 bits per heavy atom. The number of aryl methyl sites for hydroxylation is 2. The molecule has 1 atom stereocenters. The van der Waals surface area contributed by atoms with Gasteiger partial charge in [-0.1, -0.05) is 6.07 Å². The molecule has 1 amide bonds. The standard InChI is InChI=1S/C19H23N3O2/c1-13-6-14(2)8-16(7-13)22-19(23)15-9-17(11-20-10-15)21-12-18-4-3-5-24-18/h6-11,18,21H,3-5,12H2,1-2H3,(H,22,23). The van der Waals surface area contributed by atoms with Gasteiger partial charge in [0.15, 0.2) is 0 Å². The molecule has 0 saturated carbocycles. The number of carbonyl (C=O) groups excluding carboxylic acids is 1. The summed E-state index contributed by atoms with van der Waals surface area (Å²) < 4.78 is 5.59. The summed E-state index contributed by atoms with van der Waals surface area (Å²) in [6.07, 6.45) is 5.74. The van der Waals surface area contributed by atoms with E-state index in [2.05, 4.69) is 21.7 Å². The summed E-state index contributed by atoms with van der Waals surface area (Å²) in [5.41, 5.74) is 4.41. The molecule has 1 saturated heterocycles. The molecular formula is C19H23N3O2. The molecule has 1 aliphatic heterocycles. The summed E-state index contributed by atoms with van der Waals surface area (Å²) in [5, 5.41) is 6.23. The van der Waals surface area contributed by atoms with E-state index in [1.807, 2.05) is 32.0 Å². The molecule has 24 heavy (non-hydrogen) atoms. The van der Waals surface area contributed by atoms with Crippen LogP contribution < -0.4 is 10.6 Å². The molecule has 0 aliphatic carbocycles. The Kier molecular flexibility index (Phi) is 5.11. The maximum atomic E-state index is 12.4. The number of amides is 1. The van der Waals surface area contributed by atoms with Crippen LogP contribution in [0.2, 0.25) is 0 Å². The van der Waals surface area contributed by atoms with Crippen LogP contribution in [-0.2, 0) is 4.74 Å². The van der Waals surface area contributed by atoms with Crippen LogP contribution in [0.15, 0.2) is 36.7 Å². The molecule has 2 N–H and O–H groups in total. The second kappa shape index (κ2) is 7.45. The molecule has 5 heteroatoms. The third kappa shape index (κ3) is 4.32. The third-order valence-electron chi connectivity index (χ3n) is 4.04. The van der Waals surface area contributed by atoms with E-state index >= 15 is 0 Å². The fraction of sp³-hybridized carbons (Fsp3) is 0.368. The third-order valence-corrected chi connectivity index (χ3v) is 4.04. The number of benzene rings is 1. The summed E-state index contributed by atoms with van der Waals surface area (Å²) in [6, 6.07) is 7.81. The summed E-state index contributed by atoms with van der Waals surface area (Å²) in [4.78, 5) is 16.6. The number of ether oxygens (including phenoxy) is 1. The molecule has 1 unspecified atom stereocenters. The average molecular weight is 325 g/mol. The number of hydrogen-bond acceptors (Lipinski definition) is 4. The van der Waals surface area contributed by atoms with Gasteiger partial charge in [-0.3, -0.25) is 9.78 Å². The summed E-state index contributed by atoms with van der Waals surface area (Å²) in [5.74, 6) is -0.159. The van der Waals surface area contributed by atoms with E-state index in [0.717, 1.165) is 48.5 Å². The zero-order valence-corrected chi connectivity index (χ0v) is 14.1. The number of nitrogens with one attached hydrogen (secondary N) is 2. The van der Waals surface area contributed by atoms with Crippen LogP contribution in [0.4, 0.5) is 11.4 Å². The van der Waals surface area contributed by atoms with Crippen molar-refractivity contribution in [1.29, 1.82) is 0 Å². The second-order valence-electron chi connectivity index (χ2n) is 6.31. The number of aromatic nitrogens is 1. The normalized spacial score (nSPS) is 16.8. The first-order valence-electron chi connectivity index (χ1n) is 8.30. The number of anilines is 2. The molecule has 0 spiro atoms. The van der Waals surface area contributed by atoms with E-state index in [0.29, 0.717) is 5.56 Å². The Morgan fingerprint density at radius 2 is 1.96 bits per heavy atom. The van der Waals surface area contributed by atoms with Crippen molar-refractivity contribution in [2.24, 2.45) is 0 Å². The maximum absolute atomic E-state index is 12.4. The van der Waals surface area contributed by atoms with Gasteiger partial charge in [0.05, 0.1) is 17.4 Å². The van der Waals surface area contributed by atoms with Crippen molar-refractivity contribution in [3.05, 3.63) is 53.3 Å². The minimum Gasteiger partial charge on any atom is -0.381 e. The molecular weight excluding hydrogens is 302 g/mol. The fourth-order valence-corrected chi connectivity index (χ4v) is 2.95. The van der Waals surface area contributed by atoms with Gasteiger partial charge in [-0.05, 0) is 56.0 Å². The number of nitrogens with zero attached hydrogens (tertiary/aromatic N) is 1. The van der Waals surface area contributed by atoms with Crippen LogP contribution in [0.25, 0.3) is 0 Å². The van der Waals surface area contributed by atoms with Gasteiger partial charge in [-0.25, -0.2) is 0 Å². The van der Waals surface area contributed by atoms with E-state index in [1.54, 1.807) is 12.4 Å². The number of hydrogen-bond donors (Lipinski definition) is 2. The van der Waals surface area contributed by atoms with Crippen LogP contribution in [0.5, 0.6) is 0 Å². The monoisotopic (exact) mass is 325 g/mol. The first kappa shape index (κ1) is 16.5. The molecule has 3 rings (SSSR count). The average Bonchev–Trinajstić information content (AvgIpc) is 3.05. The van der Waals surface area contributed by atoms with Crippen LogP contribution in [0, 0.1) is 13.8 Å². The van der Waals surface area contributed by atoms with Gasteiger partial charge in [0.1, 0.15) is 0 Å².